The molecular weight excluding hydrogens is 238 g/mol. The Hall–Kier alpha value is -1.36. The number of nitrogens with zero attached hydrogens (tertiary/aromatic N) is 3. The van der Waals surface area contributed by atoms with Crippen molar-refractivity contribution in [2.45, 2.75) is 39.7 Å². The van der Waals surface area contributed by atoms with E-state index < -0.39 is 0 Å². The van der Waals surface area contributed by atoms with Gasteiger partial charge >= 0.3 is 0 Å². The average molecular weight is 265 g/mol. The molecule has 1 aromatic rings. The van der Waals surface area contributed by atoms with Crippen molar-refractivity contribution in [2.24, 2.45) is 0 Å². The summed E-state index contributed by atoms with van der Waals surface area (Å²) in [5, 5.41) is 6.47. The third-order valence-electron chi connectivity index (χ3n) is 3.12. The smallest absolute Gasteiger partial charge is 0.146 e. The van der Waals surface area contributed by atoms with Crippen LogP contribution in [0.25, 0.3) is 0 Å². The average Bonchev–Trinajstić information content (AvgIpc) is 2.39. The second-order valence-electron chi connectivity index (χ2n) is 5.03. The first kappa shape index (κ1) is 15.7. The van der Waals surface area contributed by atoms with Crippen LogP contribution in [0.15, 0.2) is 12.4 Å². The molecule has 0 aromatic carbocycles. The van der Waals surface area contributed by atoms with Gasteiger partial charge in [0.1, 0.15) is 11.6 Å². The van der Waals surface area contributed by atoms with Crippen LogP contribution >= 0.6 is 0 Å². The van der Waals surface area contributed by atoms with E-state index >= 15 is 0 Å². The second kappa shape index (κ2) is 8.69. The SMILES string of the molecule is CCNc1cncc(NCCCCN(C)C(C)C)n1. The van der Waals surface area contributed by atoms with E-state index in [1.54, 1.807) is 12.4 Å². The van der Waals surface area contributed by atoms with Crippen molar-refractivity contribution >= 4 is 11.6 Å². The molecular formula is C14H27N5. The van der Waals surface area contributed by atoms with Crippen LogP contribution in [0.2, 0.25) is 0 Å². The Morgan fingerprint density at radius 3 is 2.47 bits per heavy atom. The summed E-state index contributed by atoms with van der Waals surface area (Å²) in [5.74, 6) is 1.67. The van der Waals surface area contributed by atoms with Crippen LogP contribution in [0.5, 0.6) is 0 Å². The number of aromatic nitrogens is 2. The normalized spacial score (nSPS) is 11.1. The molecule has 108 valence electrons. The van der Waals surface area contributed by atoms with Crippen molar-refractivity contribution in [3.63, 3.8) is 0 Å². The Morgan fingerprint density at radius 2 is 1.84 bits per heavy atom. The molecule has 0 fully saturated rings. The molecule has 0 unspecified atom stereocenters. The Morgan fingerprint density at radius 1 is 1.16 bits per heavy atom. The molecule has 0 aliphatic carbocycles. The molecule has 0 aliphatic heterocycles. The highest BCUT2D eigenvalue weighted by Crippen LogP contribution is 2.06. The summed E-state index contributed by atoms with van der Waals surface area (Å²) in [6.07, 6.45) is 5.85. The van der Waals surface area contributed by atoms with Gasteiger partial charge in [-0.2, -0.15) is 0 Å². The molecule has 19 heavy (non-hydrogen) atoms. The minimum atomic E-state index is 0.621. The van der Waals surface area contributed by atoms with Gasteiger partial charge in [-0.1, -0.05) is 0 Å². The standard InChI is InChI=1S/C14H27N5/c1-5-16-13-10-15-11-14(18-13)17-8-6-7-9-19(4)12(2)3/h10-12H,5-9H2,1-4H3,(H2,16,17,18). The summed E-state index contributed by atoms with van der Waals surface area (Å²) >= 11 is 0. The topological polar surface area (TPSA) is 53.1 Å². The highest BCUT2D eigenvalue weighted by molar-refractivity contribution is 5.41. The summed E-state index contributed by atoms with van der Waals surface area (Å²) in [7, 11) is 2.17. The van der Waals surface area contributed by atoms with E-state index in [4.69, 9.17) is 0 Å². The molecule has 0 aliphatic rings. The van der Waals surface area contributed by atoms with E-state index in [1.807, 2.05) is 6.92 Å². The molecule has 0 spiro atoms. The minimum Gasteiger partial charge on any atom is -0.369 e. The van der Waals surface area contributed by atoms with Crippen molar-refractivity contribution in [3.8, 4) is 0 Å². The van der Waals surface area contributed by atoms with Crippen LogP contribution in [-0.2, 0) is 0 Å². The zero-order valence-corrected chi connectivity index (χ0v) is 12.6. The first-order valence-corrected chi connectivity index (χ1v) is 7.13. The van der Waals surface area contributed by atoms with Crippen LogP contribution < -0.4 is 10.6 Å². The molecule has 0 radical (unpaired) electrons. The van der Waals surface area contributed by atoms with E-state index in [0.717, 1.165) is 37.7 Å². The fraction of sp³-hybridized carbons (Fsp3) is 0.714. The van der Waals surface area contributed by atoms with Gasteiger partial charge in [0.05, 0.1) is 12.4 Å². The maximum Gasteiger partial charge on any atom is 0.146 e. The molecule has 5 nitrogen and oxygen atoms in total. The predicted molar refractivity (Wildman–Crippen MR) is 81.7 cm³/mol. The Bertz CT molecular complexity index is 353. The number of unbranched alkanes of at least 4 members (excludes halogenated alkanes) is 1. The first-order chi connectivity index (χ1) is 9.13. The molecule has 0 atom stereocenters. The first-order valence-electron chi connectivity index (χ1n) is 7.13. The number of hydrogen-bond donors (Lipinski definition) is 2. The fourth-order valence-corrected chi connectivity index (χ4v) is 1.68. The molecule has 5 heteroatoms. The monoisotopic (exact) mass is 265 g/mol. The summed E-state index contributed by atoms with van der Waals surface area (Å²) < 4.78 is 0. The van der Waals surface area contributed by atoms with Gasteiger partial charge in [-0.25, -0.2) is 4.98 Å². The minimum absolute atomic E-state index is 0.621. The maximum atomic E-state index is 4.43. The number of rotatable bonds is 9. The zero-order chi connectivity index (χ0) is 14.1. The van der Waals surface area contributed by atoms with Crippen molar-refractivity contribution in [1.29, 1.82) is 0 Å². The lowest BCUT2D eigenvalue weighted by Crippen LogP contribution is -2.27. The lowest BCUT2D eigenvalue weighted by Gasteiger charge is -2.20. The van der Waals surface area contributed by atoms with Gasteiger partial charge in [0.25, 0.3) is 0 Å². The molecule has 2 N–H and O–H groups in total. The quantitative estimate of drug-likeness (QED) is 0.672. The Kier molecular flexibility index (Phi) is 7.18. The number of anilines is 2. The van der Waals surface area contributed by atoms with E-state index in [9.17, 15) is 0 Å². The molecule has 0 saturated carbocycles. The predicted octanol–water partition coefficient (Wildman–Crippen LogP) is 2.44. The third-order valence-corrected chi connectivity index (χ3v) is 3.12. The Balaban J connectivity index is 2.20. The van der Waals surface area contributed by atoms with Crippen LogP contribution in [0, 0.1) is 0 Å². The molecule has 1 heterocycles. The van der Waals surface area contributed by atoms with Crippen LogP contribution in [0.4, 0.5) is 11.6 Å². The van der Waals surface area contributed by atoms with Gasteiger partial charge < -0.3 is 15.5 Å². The molecule has 1 rings (SSSR count). The summed E-state index contributed by atoms with van der Waals surface area (Å²) in [6.45, 7) is 9.44. The zero-order valence-electron chi connectivity index (χ0n) is 12.6. The summed E-state index contributed by atoms with van der Waals surface area (Å²) in [6, 6.07) is 0.621. The molecule has 1 aromatic heterocycles. The Labute approximate surface area is 116 Å². The van der Waals surface area contributed by atoms with Crippen LogP contribution in [0.1, 0.15) is 33.6 Å². The maximum absolute atomic E-state index is 4.43. The van der Waals surface area contributed by atoms with Gasteiger partial charge in [0.2, 0.25) is 0 Å². The van der Waals surface area contributed by atoms with Gasteiger partial charge in [-0.05, 0) is 47.2 Å². The van der Waals surface area contributed by atoms with E-state index in [1.165, 1.54) is 6.42 Å². The van der Waals surface area contributed by atoms with Gasteiger partial charge in [-0.3, -0.25) is 4.98 Å². The van der Waals surface area contributed by atoms with E-state index in [2.05, 4.69) is 46.4 Å². The van der Waals surface area contributed by atoms with Crippen molar-refractivity contribution in [3.05, 3.63) is 12.4 Å². The fourth-order valence-electron chi connectivity index (χ4n) is 1.68. The van der Waals surface area contributed by atoms with Gasteiger partial charge in [0, 0.05) is 19.1 Å². The number of nitrogens with one attached hydrogen (secondary N) is 2. The number of hydrogen-bond acceptors (Lipinski definition) is 5. The summed E-state index contributed by atoms with van der Waals surface area (Å²) in [4.78, 5) is 11.0. The lowest BCUT2D eigenvalue weighted by atomic mass is 10.2. The van der Waals surface area contributed by atoms with E-state index in [-0.39, 0.29) is 0 Å². The highest BCUT2D eigenvalue weighted by Gasteiger charge is 2.02. The lowest BCUT2D eigenvalue weighted by molar-refractivity contribution is 0.269. The van der Waals surface area contributed by atoms with Crippen molar-refractivity contribution in [1.82, 2.24) is 14.9 Å². The largest absolute Gasteiger partial charge is 0.369 e. The van der Waals surface area contributed by atoms with E-state index in [0.29, 0.717) is 6.04 Å². The van der Waals surface area contributed by atoms with Gasteiger partial charge in [0.15, 0.2) is 0 Å². The third kappa shape index (κ3) is 6.38. The van der Waals surface area contributed by atoms with Crippen molar-refractivity contribution in [2.75, 3.05) is 37.3 Å². The summed E-state index contributed by atoms with van der Waals surface area (Å²) in [5.41, 5.74) is 0. The van der Waals surface area contributed by atoms with Crippen LogP contribution in [0.3, 0.4) is 0 Å². The van der Waals surface area contributed by atoms with Crippen molar-refractivity contribution < 1.29 is 0 Å². The van der Waals surface area contributed by atoms with Gasteiger partial charge in [-0.15, -0.1) is 0 Å². The molecule has 0 saturated heterocycles. The molecule has 0 amide bonds. The molecule has 0 bridgehead atoms. The second-order valence-corrected chi connectivity index (χ2v) is 5.03. The van der Waals surface area contributed by atoms with Crippen LogP contribution in [-0.4, -0.2) is 47.6 Å². The highest BCUT2D eigenvalue weighted by atomic mass is 15.1.